The highest BCUT2D eigenvalue weighted by Crippen LogP contribution is 2.40. The average molecular weight is 298 g/mol. The number of aryl methyl sites for hydroxylation is 1. The summed E-state index contributed by atoms with van der Waals surface area (Å²) in [6.45, 7) is 5.49. The average Bonchev–Trinajstić information content (AvgIpc) is 2.85. The minimum atomic E-state index is -0.0266. The SMILES string of the molecule is CN(CC(C)(C)CN)C(=O)C1SCCc2sccc21. The first-order valence-electron chi connectivity index (χ1n) is 6.57. The van der Waals surface area contributed by atoms with Crippen LogP contribution in [0.15, 0.2) is 11.4 Å². The Bertz CT molecular complexity index is 456. The lowest BCUT2D eigenvalue weighted by Gasteiger charge is -2.32. The van der Waals surface area contributed by atoms with Gasteiger partial charge in [-0.3, -0.25) is 4.79 Å². The predicted molar refractivity (Wildman–Crippen MR) is 83.7 cm³/mol. The normalized spacial score (nSPS) is 19.1. The molecule has 1 unspecified atom stereocenters. The summed E-state index contributed by atoms with van der Waals surface area (Å²) in [5.41, 5.74) is 6.95. The second kappa shape index (κ2) is 5.85. The number of nitrogens with zero attached hydrogens (tertiary/aromatic N) is 1. The Morgan fingerprint density at radius 2 is 2.32 bits per heavy atom. The Morgan fingerprint density at radius 3 is 3.00 bits per heavy atom. The minimum Gasteiger partial charge on any atom is -0.344 e. The van der Waals surface area contributed by atoms with Gasteiger partial charge < -0.3 is 10.6 Å². The number of fused-ring (bicyclic) bond motifs is 1. The molecule has 0 saturated carbocycles. The number of carbonyl (C=O) groups excluding carboxylic acids is 1. The summed E-state index contributed by atoms with van der Waals surface area (Å²) in [6, 6.07) is 2.11. The first-order chi connectivity index (χ1) is 8.94. The van der Waals surface area contributed by atoms with Crippen molar-refractivity contribution in [2.75, 3.05) is 25.9 Å². The van der Waals surface area contributed by atoms with Gasteiger partial charge >= 0.3 is 0 Å². The van der Waals surface area contributed by atoms with Gasteiger partial charge in [-0.15, -0.1) is 23.1 Å². The van der Waals surface area contributed by atoms with Crippen LogP contribution in [0.3, 0.4) is 0 Å². The molecule has 0 spiro atoms. The summed E-state index contributed by atoms with van der Waals surface area (Å²) in [5, 5.41) is 2.08. The van der Waals surface area contributed by atoms with Crippen molar-refractivity contribution in [2.24, 2.45) is 11.1 Å². The molecule has 1 aromatic rings. The molecule has 0 fully saturated rings. The van der Waals surface area contributed by atoms with Crippen molar-refractivity contribution in [3.8, 4) is 0 Å². The van der Waals surface area contributed by atoms with Gasteiger partial charge in [0, 0.05) is 18.5 Å². The van der Waals surface area contributed by atoms with Gasteiger partial charge in [-0.2, -0.15) is 0 Å². The van der Waals surface area contributed by atoms with E-state index in [0.29, 0.717) is 13.1 Å². The second-order valence-corrected chi connectivity index (χ2v) is 8.08. The Hall–Kier alpha value is -0.520. The van der Waals surface area contributed by atoms with Gasteiger partial charge in [0.2, 0.25) is 5.91 Å². The number of carbonyl (C=O) groups is 1. The van der Waals surface area contributed by atoms with Crippen LogP contribution < -0.4 is 5.73 Å². The Kier molecular flexibility index (Phi) is 4.58. The van der Waals surface area contributed by atoms with Crippen LogP contribution in [0.2, 0.25) is 0 Å². The van der Waals surface area contributed by atoms with E-state index in [4.69, 9.17) is 5.73 Å². The molecule has 0 radical (unpaired) electrons. The van der Waals surface area contributed by atoms with E-state index in [1.807, 2.05) is 11.9 Å². The minimum absolute atomic E-state index is 0.0198. The maximum atomic E-state index is 12.6. The van der Waals surface area contributed by atoms with Crippen molar-refractivity contribution >= 4 is 29.0 Å². The van der Waals surface area contributed by atoms with E-state index in [1.165, 1.54) is 10.4 Å². The van der Waals surface area contributed by atoms with Crippen molar-refractivity contribution in [3.05, 3.63) is 21.9 Å². The zero-order chi connectivity index (χ0) is 14.0. The molecule has 3 nitrogen and oxygen atoms in total. The fourth-order valence-electron chi connectivity index (χ4n) is 2.34. The molecule has 2 heterocycles. The fraction of sp³-hybridized carbons (Fsp3) is 0.643. The first kappa shape index (κ1) is 14.9. The quantitative estimate of drug-likeness (QED) is 0.929. The van der Waals surface area contributed by atoms with Gasteiger partial charge in [-0.1, -0.05) is 13.8 Å². The number of rotatable bonds is 4. The van der Waals surface area contributed by atoms with Gasteiger partial charge in [0.25, 0.3) is 0 Å². The number of thioether (sulfide) groups is 1. The third-order valence-electron chi connectivity index (χ3n) is 3.49. The molecule has 1 aromatic heterocycles. The molecule has 2 rings (SSSR count). The van der Waals surface area contributed by atoms with E-state index in [-0.39, 0.29) is 16.6 Å². The maximum Gasteiger partial charge on any atom is 0.239 e. The predicted octanol–water partition coefficient (Wildman–Crippen LogP) is 2.52. The molecule has 0 aliphatic carbocycles. The van der Waals surface area contributed by atoms with Gasteiger partial charge in [0.15, 0.2) is 0 Å². The molecule has 0 aromatic carbocycles. The van der Waals surface area contributed by atoms with Crippen LogP contribution in [-0.4, -0.2) is 36.7 Å². The highest BCUT2D eigenvalue weighted by atomic mass is 32.2. The Morgan fingerprint density at radius 1 is 1.58 bits per heavy atom. The van der Waals surface area contributed by atoms with Crippen molar-refractivity contribution < 1.29 is 4.79 Å². The summed E-state index contributed by atoms with van der Waals surface area (Å²) in [7, 11) is 1.89. The van der Waals surface area contributed by atoms with Crippen molar-refractivity contribution in [1.29, 1.82) is 0 Å². The van der Waals surface area contributed by atoms with Crippen LogP contribution in [0.4, 0.5) is 0 Å². The number of thiophene rings is 1. The van der Waals surface area contributed by atoms with Gasteiger partial charge in [-0.25, -0.2) is 0 Å². The standard InChI is InChI=1S/C14H22N2OS2/c1-14(2,8-15)9-16(3)13(17)12-10-4-6-18-11(10)5-7-19-12/h4,6,12H,5,7-9,15H2,1-3H3. The number of amides is 1. The van der Waals surface area contributed by atoms with Crippen LogP contribution in [-0.2, 0) is 11.2 Å². The summed E-state index contributed by atoms with van der Waals surface area (Å²) in [4.78, 5) is 15.8. The van der Waals surface area contributed by atoms with Crippen molar-refractivity contribution in [3.63, 3.8) is 0 Å². The fourth-order valence-corrected chi connectivity index (χ4v) is 4.74. The number of hydrogen-bond acceptors (Lipinski definition) is 4. The van der Waals surface area contributed by atoms with E-state index in [9.17, 15) is 4.79 Å². The molecule has 1 amide bonds. The highest BCUT2D eigenvalue weighted by molar-refractivity contribution is 8.00. The number of likely N-dealkylation sites (N-methyl/N-ethyl adjacent to an activating group) is 1. The smallest absolute Gasteiger partial charge is 0.239 e. The topological polar surface area (TPSA) is 46.3 Å². The van der Waals surface area contributed by atoms with E-state index in [2.05, 4.69) is 25.3 Å². The molecule has 106 valence electrons. The summed E-state index contributed by atoms with van der Waals surface area (Å²) < 4.78 is 0. The summed E-state index contributed by atoms with van der Waals surface area (Å²) >= 11 is 3.54. The molecule has 2 N–H and O–H groups in total. The Balaban J connectivity index is 2.09. The molecule has 19 heavy (non-hydrogen) atoms. The zero-order valence-corrected chi connectivity index (χ0v) is 13.4. The number of hydrogen-bond donors (Lipinski definition) is 1. The van der Waals surface area contributed by atoms with Crippen LogP contribution in [0.1, 0.15) is 29.5 Å². The number of nitrogens with two attached hydrogens (primary N) is 1. The molecule has 0 bridgehead atoms. The van der Waals surface area contributed by atoms with Gasteiger partial charge in [0.05, 0.1) is 0 Å². The van der Waals surface area contributed by atoms with E-state index in [1.54, 1.807) is 23.1 Å². The Labute approximate surface area is 123 Å². The first-order valence-corrected chi connectivity index (χ1v) is 8.50. The van der Waals surface area contributed by atoms with E-state index < -0.39 is 0 Å². The molecule has 1 aliphatic rings. The van der Waals surface area contributed by atoms with E-state index in [0.717, 1.165) is 12.2 Å². The molecule has 1 atom stereocenters. The van der Waals surface area contributed by atoms with Crippen molar-refractivity contribution in [1.82, 2.24) is 4.90 Å². The van der Waals surface area contributed by atoms with Crippen LogP contribution in [0.5, 0.6) is 0 Å². The highest BCUT2D eigenvalue weighted by Gasteiger charge is 2.31. The largest absolute Gasteiger partial charge is 0.344 e. The van der Waals surface area contributed by atoms with Crippen LogP contribution >= 0.6 is 23.1 Å². The third kappa shape index (κ3) is 3.33. The lowest BCUT2D eigenvalue weighted by Crippen LogP contribution is -2.41. The molecular weight excluding hydrogens is 276 g/mol. The van der Waals surface area contributed by atoms with Crippen molar-refractivity contribution in [2.45, 2.75) is 25.5 Å². The summed E-state index contributed by atoms with van der Waals surface area (Å²) in [6.07, 6.45) is 1.10. The lowest BCUT2D eigenvalue weighted by molar-refractivity contribution is -0.130. The van der Waals surface area contributed by atoms with Gasteiger partial charge in [-0.05, 0) is 41.1 Å². The monoisotopic (exact) mass is 298 g/mol. The maximum absolute atomic E-state index is 12.6. The van der Waals surface area contributed by atoms with Crippen LogP contribution in [0, 0.1) is 5.41 Å². The van der Waals surface area contributed by atoms with Gasteiger partial charge in [0.1, 0.15) is 5.25 Å². The zero-order valence-electron chi connectivity index (χ0n) is 11.8. The summed E-state index contributed by atoms with van der Waals surface area (Å²) in [5.74, 6) is 1.25. The molecule has 0 saturated heterocycles. The molecule has 5 heteroatoms. The van der Waals surface area contributed by atoms with E-state index >= 15 is 0 Å². The molecular formula is C14H22N2OS2. The second-order valence-electron chi connectivity index (χ2n) is 5.86. The van der Waals surface area contributed by atoms with Crippen LogP contribution in [0.25, 0.3) is 0 Å². The molecule has 1 aliphatic heterocycles. The lowest BCUT2D eigenvalue weighted by atomic mass is 9.93. The third-order valence-corrected chi connectivity index (χ3v) is 5.72.